The first kappa shape index (κ1) is 24.0. The van der Waals surface area contributed by atoms with Crippen molar-refractivity contribution in [2.24, 2.45) is 5.73 Å². The number of aromatic nitrogens is 4. The van der Waals surface area contributed by atoms with Gasteiger partial charge < -0.3 is 25.3 Å². The van der Waals surface area contributed by atoms with E-state index in [9.17, 15) is 9.59 Å². The molecule has 10 heteroatoms. The number of carbonyl (C=O) groups excluding carboxylic acids is 2. The minimum Gasteiger partial charge on any atom is -0.383 e. The number of likely N-dealkylation sites (tertiary alicyclic amines) is 1. The Labute approximate surface area is 203 Å². The van der Waals surface area contributed by atoms with E-state index in [4.69, 9.17) is 10.5 Å². The molecule has 2 atom stereocenters. The number of rotatable bonds is 7. The number of nitrogens with two attached hydrogens (primary N) is 1. The summed E-state index contributed by atoms with van der Waals surface area (Å²) in [7, 11) is 3.29. The quantitative estimate of drug-likeness (QED) is 0.397. The Balaban J connectivity index is 1.71. The summed E-state index contributed by atoms with van der Waals surface area (Å²) in [6, 6.07) is 5.46. The van der Waals surface area contributed by atoms with Crippen LogP contribution in [0.5, 0.6) is 0 Å². The number of nitrogens with one attached hydrogen (secondary N) is 1. The van der Waals surface area contributed by atoms with Gasteiger partial charge >= 0.3 is 0 Å². The summed E-state index contributed by atoms with van der Waals surface area (Å²) in [5, 5.41) is 7.69. The second-order valence-electron chi connectivity index (χ2n) is 8.31. The Hall–Kier alpha value is -4.10. The van der Waals surface area contributed by atoms with Crippen LogP contribution >= 0.6 is 0 Å². The molecule has 1 saturated heterocycles. The summed E-state index contributed by atoms with van der Waals surface area (Å²) in [5.41, 5.74) is 8.84. The summed E-state index contributed by atoms with van der Waals surface area (Å²) in [6.07, 6.45) is 3.69. The highest BCUT2D eigenvalue weighted by Gasteiger charge is 2.37. The lowest BCUT2D eigenvalue weighted by Gasteiger charge is -2.22. The molecule has 10 nitrogen and oxygen atoms in total. The van der Waals surface area contributed by atoms with Crippen LogP contribution in [0.1, 0.15) is 41.0 Å². The van der Waals surface area contributed by atoms with Gasteiger partial charge in [0.25, 0.3) is 5.91 Å². The van der Waals surface area contributed by atoms with Crippen LogP contribution in [0.4, 0.5) is 5.82 Å². The van der Waals surface area contributed by atoms with E-state index in [1.54, 1.807) is 30.1 Å². The van der Waals surface area contributed by atoms with Crippen molar-refractivity contribution in [2.75, 3.05) is 32.6 Å². The molecule has 0 unspecified atom stereocenters. The molecule has 3 heterocycles. The molecule has 182 valence electrons. The molecule has 4 rings (SSSR count). The van der Waals surface area contributed by atoms with Crippen LogP contribution in [0.2, 0.25) is 0 Å². The molecule has 0 saturated carbocycles. The number of carbonyl (C=O) groups is 2. The van der Waals surface area contributed by atoms with Crippen molar-refractivity contribution in [3.8, 4) is 11.8 Å². The Morgan fingerprint density at radius 1 is 1.37 bits per heavy atom. The number of hydrogen-bond acceptors (Lipinski definition) is 6. The molecule has 3 N–H and O–H groups in total. The second-order valence-corrected chi connectivity index (χ2v) is 8.31. The van der Waals surface area contributed by atoms with Crippen LogP contribution < -0.4 is 11.1 Å². The molecule has 1 aliphatic rings. The molecular weight excluding hydrogens is 446 g/mol. The first-order valence-corrected chi connectivity index (χ1v) is 11.4. The van der Waals surface area contributed by atoms with Crippen LogP contribution in [0, 0.1) is 11.8 Å². The number of primary amides is 1. The van der Waals surface area contributed by atoms with Crippen LogP contribution in [0.3, 0.4) is 0 Å². The maximum absolute atomic E-state index is 12.4. The SMILES string of the molecule is C=CC(=O)N1C[C@@H](n2nc(C#Cc3ccc4c(c3)ncn4CC)c(C(N)=O)c2NC)C[C@@H]1COC. The minimum absolute atomic E-state index is 0.134. The summed E-state index contributed by atoms with van der Waals surface area (Å²) < 4.78 is 9.07. The number of fused-ring (bicyclic) bond motifs is 1. The molecule has 1 fully saturated rings. The third-order valence-corrected chi connectivity index (χ3v) is 6.24. The van der Waals surface area contributed by atoms with E-state index in [2.05, 4.69) is 45.3 Å². The lowest BCUT2D eigenvalue weighted by atomic mass is 10.1. The first-order chi connectivity index (χ1) is 16.9. The van der Waals surface area contributed by atoms with Gasteiger partial charge in [0.1, 0.15) is 11.4 Å². The standard InChI is InChI=1S/C25H29N7O3/c1-5-22(33)31-13-17(12-18(31)14-35-4)32-25(27-3)23(24(26)34)19(29-32)9-7-16-8-10-21-20(11-16)28-15-30(21)6-2/h5,8,10-11,15,17-18,27H,1,6,12-14H2,2-4H3,(H2,26,34)/t17-,18+/m0/s1. The third-order valence-electron chi connectivity index (χ3n) is 6.24. The van der Waals surface area contributed by atoms with Crippen molar-refractivity contribution >= 4 is 28.7 Å². The van der Waals surface area contributed by atoms with Gasteiger partial charge in [-0.2, -0.15) is 5.10 Å². The Morgan fingerprint density at radius 3 is 2.83 bits per heavy atom. The molecule has 1 aliphatic heterocycles. The zero-order chi connectivity index (χ0) is 25.1. The van der Waals surface area contributed by atoms with Gasteiger partial charge in [0.15, 0.2) is 5.69 Å². The fourth-order valence-corrected chi connectivity index (χ4v) is 4.59. The van der Waals surface area contributed by atoms with Gasteiger partial charge in [0.2, 0.25) is 5.91 Å². The number of anilines is 1. The monoisotopic (exact) mass is 475 g/mol. The van der Waals surface area contributed by atoms with Crippen LogP contribution in [0.15, 0.2) is 37.2 Å². The van der Waals surface area contributed by atoms with Crippen LogP contribution in [0.25, 0.3) is 11.0 Å². The fourth-order valence-electron chi connectivity index (χ4n) is 4.59. The Bertz CT molecular complexity index is 1340. The van der Waals surface area contributed by atoms with Gasteiger partial charge in [-0.15, -0.1) is 0 Å². The van der Waals surface area contributed by atoms with E-state index >= 15 is 0 Å². The summed E-state index contributed by atoms with van der Waals surface area (Å²) in [5.74, 6) is 5.76. The van der Waals surface area contributed by atoms with Crippen LogP contribution in [-0.2, 0) is 16.1 Å². The predicted molar refractivity (Wildman–Crippen MR) is 133 cm³/mol. The highest BCUT2D eigenvalue weighted by Crippen LogP contribution is 2.32. The number of imidazole rings is 1. The zero-order valence-electron chi connectivity index (χ0n) is 20.1. The molecule has 0 aliphatic carbocycles. The molecule has 1 aromatic carbocycles. The van der Waals surface area contributed by atoms with Gasteiger partial charge in [-0.25, -0.2) is 9.67 Å². The van der Waals surface area contributed by atoms with Gasteiger partial charge in [0.05, 0.1) is 36.1 Å². The van der Waals surface area contributed by atoms with Crippen LogP contribution in [-0.4, -0.2) is 69.4 Å². The third kappa shape index (κ3) is 4.50. The van der Waals surface area contributed by atoms with E-state index < -0.39 is 5.91 Å². The average Bonchev–Trinajstić information content (AvgIpc) is 3.56. The number of nitrogens with zero attached hydrogens (tertiary/aromatic N) is 5. The summed E-state index contributed by atoms with van der Waals surface area (Å²) >= 11 is 0. The molecule has 0 spiro atoms. The molecule has 2 aromatic heterocycles. The zero-order valence-corrected chi connectivity index (χ0v) is 20.1. The van der Waals surface area contributed by atoms with E-state index in [0.717, 1.165) is 23.1 Å². The maximum Gasteiger partial charge on any atom is 0.255 e. The number of methoxy groups -OCH3 is 1. The minimum atomic E-state index is -0.632. The number of hydrogen-bond donors (Lipinski definition) is 2. The predicted octanol–water partition coefficient (Wildman–Crippen LogP) is 1.77. The van der Waals surface area contributed by atoms with Crippen molar-refractivity contribution in [1.82, 2.24) is 24.2 Å². The maximum atomic E-state index is 12.4. The lowest BCUT2D eigenvalue weighted by Crippen LogP contribution is -2.37. The van der Waals surface area contributed by atoms with Crippen molar-refractivity contribution in [1.29, 1.82) is 0 Å². The largest absolute Gasteiger partial charge is 0.383 e. The lowest BCUT2D eigenvalue weighted by molar-refractivity contribution is -0.127. The Morgan fingerprint density at radius 2 is 2.17 bits per heavy atom. The highest BCUT2D eigenvalue weighted by atomic mass is 16.5. The first-order valence-electron chi connectivity index (χ1n) is 11.4. The van der Waals surface area contributed by atoms with Crippen molar-refractivity contribution in [3.05, 3.63) is 54.0 Å². The van der Waals surface area contributed by atoms with Crippen molar-refractivity contribution in [2.45, 2.75) is 32.0 Å². The van der Waals surface area contributed by atoms with E-state index in [1.165, 1.54) is 6.08 Å². The molecule has 0 bridgehead atoms. The van der Waals surface area contributed by atoms with E-state index in [1.807, 2.05) is 18.2 Å². The molecule has 2 amide bonds. The molecule has 35 heavy (non-hydrogen) atoms. The number of aryl methyl sites for hydroxylation is 1. The topological polar surface area (TPSA) is 120 Å². The molecular formula is C25H29N7O3. The Kier molecular flexibility index (Phi) is 6.89. The number of benzene rings is 1. The van der Waals surface area contributed by atoms with Gasteiger partial charge in [-0.1, -0.05) is 12.5 Å². The smallest absolute Gasteiger partial charge is 0.255 e. The van der Waals surface area contributed by atoms with E-state index in [0.29, 0.717) is 25.4 Å². The number of ether oxygens (including phenoxy) is 1. The number of amides is 2. The second kappa shape index (κ2) is 10.0. The van der Waals surface area contributed by atoms with Gasteiger partial charge in [-0.05, 0) is 43.5 Å². The molecule has 3 aromatic rings. The van der Waals surface area contributed by atoms with Gasteiger partial charge in [0, 0.05) is 32.8 Å². The van der Waals surface area contributed by atoms with Crippen molar-refractivity contribution in [3.63, 3.8) is 0 Å². The summed E-state index contributed by atoms with van der Waals surface area (Å²) in [4.78, 5) is 30.9. The highest BCUT2D eigenvalue weighted by molar-refractivity contribution is 6.00. The molecule has 0 radical (unpaired) electrons. The van der Waals surface area contributed by atoms with Crippen molar-refractivity contribution < 1.29 is 14.3 Å². The van der Waals surface area contributed by atoms with E-state index in [-0.39, 0.29) is 29.2 Å². The average molecular weight is 476 g/mol. The fraction of sp³-hybridized carbons (Fsp3) is 0.360. The summed E-state index contributed by atoms with van der Waals surface area (Å²) in [6.45, 7) is 7.27. The van der Waals surface area contributed by atoms with Gasteiger partial charge in [-0.3, -0.25) is 9.59 Å². The normalized spacial score (nSPS) is 17.3.